The number of carbonyl (C=O) groups is 2. The van der Waals surface area contributed by atoms with Gasteiger partial charge in [0.25, 0.3) is 0 Å². The number of methoxy groups -OCH3 is 1. The highest BCUT2D eigenvalue weighted by Crippen LogP contribution is 2.23. The van der Waals surface area contributed by atoms with E-state index in [1.54, 1.807) is 7.11 Å². The summed E-state index contributed by atoms with van der Waals surface area (Å²) >= 11 is 0. The highest BCUT2D eigenvalue weighted by Gasteiger charge is 2.26. The molecule has 3 rings (SSSR count). The predicted octanol–water partition coefficient (Wildman–Crippen LogP) is 2.78. The number of nitrogens with zero attached hydrogens (tertiary/aromatic N) is 3. The van der Waals surface area contributed by atoms with Crippen LogP contribution in [0.25, 0.3) is 0 Å². The van der Waals surface area contributed by atoms with Crippen molar-refractivity contribution >= 4 is 11.8 Å². The van der Waals surface area contributed by atoms with Gasteiger partial charge in [-0.15, -0.1) is 0 Å². The molecule has 1 atom stereocenters. The molecule has 2 heterocycles. The Morgan fingerprint density at radius 1 is 1.10 bits per heavy atom. The lowest BCUT2D eigenvalue weighted by molar-refractivity contribution is -0.139. The Hall–Kier alpha value is -2.83. The van der Waals surface area contributed by atoms with Gasteiger partial charge in [-0.3, -0.25) is 9.59 Å². The molecule has 1 aromatic carbocycles. The van der Waals surface area contributed by atoms with Crippen LogP contribution in [-0.4, -0.2) is 60.1 Å². The Balaban J connectivity index is 1.47. The van der Waals surface area contributed by atoms with E-state index in [2.05, 4.69) is 12.1 Å². The van der Waals surface area contributed by atoms with E-state index in [1.165, 1.54) is 0 Å². The molecule has 1 aromatic heterocycles. The van der Waals surface area contributed by atoms with E-state index in [0.717, 1.165) is 29.0 Å². The van der Waals surface area contributed by atoms with Crippen LogP contribution in [0.15, 0.2) is 28.8 Å². The van der Waals surface area contributed by atoms with E-state index in [0.29, 0.717) is 44.8 Å². The number of para-hydroxylation sites is 1. The van der Waals surface area contributed by atoms with Crippen molar-refractivity contribution in [1.82, 2.24) is 15.0 Å². The van der Waals surface area contributed by atoms with E-state index < -0.39 is 0 Å². The van der Waals surface area contributed by atoms with Gasteiger partial charge in [0.05, 0.1) is 19.2 Å². The van der Waals surface area contributed by atoms with Gasteiger partial charge in [-0.05, 0) is 37.8 Å². The van der Waals surface area contributed by atoms with E-state index in [9.17, 15) is 9.59 Å². The molecule has 0 aliphatic carbocycles. The van der Waals surface area contributed by atoms with Gasteiger partial charge >= 0.3 is 0 Å². The molecule has 2 amide bonds. The molecular weight excluding hydrogens is 382 g/mol. The van der Waals surface area contributed by atoms with Gasteiger partial charge in [0.15, 0.2) is 0 Å². The fraction of sp³-hybridized carbons (Fsp3) is 0.522. The first-order valence-corrected chi connectivity index (χ1v) is 10.5. The molecule has 0 saturated carbocycles. The topological polar surface area (TPSA) is 75.9 Å². The van der Waals surface area contributed by atoms with Gasteiger partial charge in [0.2, 0.25) is 11.8 Å². The van der Waals surface area contributed by atoms with Crippen molar-refractivity contribution in [1.29, 1.82) is 0 Å². The van der Waals surface area contributed by atoms with E-state index >= 15 is 0 Å². The number of benzene rings is 1. The fourth-order valence-corrected chi connectivity index (χ4v) is 3.97. The monoisotopic (exact) mass is 413 g/mol. The molecule has 1 aliphatic rings. The quantitative estimate of drug-likeness (QED) is 0.698. The maximum atomic E-state index is 12.7. The number of aromatic nitrogens is 1. The van der Waals surface area contributed by atoms with Crippen molar-refractivity contribution < 1.29 is 18.8 Å². The minimum Gasteiger partial charge on any atom is -0.496 e. The smallest absolute Gasteiger partial charge is 0.227 e. The summed E-state index contributed by atoms with van der Waals surface area (Å²) < 4.78 is 10.6. The van der Waals surface area contributed by atoms with E-state index in [-0.39, 0.29) is 17.7 Å². The number of amides is 2. The number of hydrogen-bond acceptors (Lipinski definition) is 5. The largest absolute Gasteiger partial charge is 0.496 e. The van der Waals surface area contributed by atoms with Crippen LogP contribution in [0.1, 0.15) is 35.9 Å². The maximum Gasteiger partial charge on any atom is 0.227 e. The second-order valence-corrected chi connectivity index (χ2v) is 8.07. The summed E-state index contributed by atoms with van der Waals surface area (Å²) in [5.41, 5.74) is 2.75. The molecule has 2 aromatic rings. The Bertz CT molecular complexity index is 865. The highest BCUT2D eigenvalue weighted by atomic mass is 16.5. The predicted molar refractivity (Wildman–Crippen MR) is 113 cm³/mol. The first-order valence-electron chi connectivity index (χ1n) is 10.5. The Morgan fingerprint density at radius 3 is 2.33 bits per heavy atom. The summed E-state index contributed by atoms with van der Waals surface area (Å²) in [6.07, 6.45) is 1.59. The van der Waals surface area contributed by atoms with Crippen LogP contribution in [0.5, 0.6) is 5.75 Å². The average molecular weight is 414 g/mol. The molecule has 0 radical (unpaired) electrons. The second kappa shape index (κ2) is 9.78. The fourth-order valence-electron chi connectivity index (χ4n) is 3.97. The number of carbonyl (C=O) groups excluding carboxylic acids is 2. The summed E-state index contributed by atoms with van der Waals surface area (Å²) in [7, 11) is 1.67. The molecule has 1 saturated heterocycles. The second-order valence-electron chi connectivity index (χ2n) is 8.07. The normalized spacial score (nSPS) is 15.2. The van der Waals surface area contributed by atoms with E-state index in [1.807, 2.05) is 47.9 Å². The molecule has 1 fully saturated rings. The lowest BCUT2D eigenvalue weighted by Crippen LogP contribution is -2.51. The van der Waals surface area contributed by atoms with Gasteiger partial charge in [-0.1, -0.05) is 30.3 Å². The number of ether oxygens (including phenoxy) is 1. The first kappa shape index (κ1) is 21.9. The van der Waals surface area contributed by atoms with Crippen molar-refractivity contribution in [3.8, 4) is 5.75 Å². The number of hydrogen-bond donors (Lipinski definition) is 0. The van der Waals surface area contributed by atoms with Gasteiger partial charge in [0, 0.05) is 38.2 Å². The Labute approximate surface area is 178 Å². The lowest BCUT2D eigenvalue weighted by atomic mass is 9.96. The Kier molecular flexibility index (Phi) is 7.13. The van der Waals surface area contributed by atoms with Gasteiger partial charge in [-0.25, -0.2) is 0 Å². The average Bonchev–Trinajstić information content (AvgIpc) is 3.06. The number of piperazine rings is 1. The van der Waals surface area contributed by atoms with Crippen molar-refractivity contribution in [3.63, 3.8) is 0 Å². The minimum atomic E-state index is 0.0565. The van der Waals surface area contributed by atoms with Crippen LogP contribution in [-0.2, 0) is 22.4 Å². The zero-order valence-electron chi connectivity index (χ0n) is 18.3. The molecular formula is C23H31N3O4. The van der Waals surface area contributed by atoms with Crippen LogP contribution in [0.2, 0.25) is 0 Å². The first-order chi connectivity index (χ1) is 14.4. The van der Waals surface area contributed by atoms with Crippen LogP contribution < -0.4 is 4.74 Å². The molecule has 30 heavy (non-hydrogen) atoms. The van der Waals surface area contributed by atoms with Crippen LogP contribution in [0, 0.1) is 19.8 Å². The van der Waals surface area contributed by atoms with Crippen LogP contribution >= 0.6 is 0 Å². The van der Waals surface area contributed by atoms with Crippen LogP contribution in [0.3, 0.4) is 0 Å². The standard InChI is InChI=1S/C23H31N3O4/c1-16(13-19-7-5-6-8-21(19)29-4)14-22(27)25-9-11-26(12-10-25)23(28)15-20-17(2)24-30-18(20)3/h5-8,16H,9-15H2,1-4H3. The summed E-state index contributed by atoms with van der Waals surface area (Å²) in [5.74, 6) is 1.98. The molecule has 1 unspecified atom stereocenters. The molecule has 7 nitrogen and oxygen atoms in total. The molecule has 0 bridgehead atoms. The molecule has 0 N–H and O–H groups in total. The zero-order valence-corrected chi connectivity index (χ0v) is 18.3. The minimum absolute atomic E-state index is 0.0565. The molecule has 162 valence electrons. The Morgan fingerprint density at radius 2 is 1.73 bits per heavy atom. The maximum absolute atomic E-state index is 12.7. The third-order valence-electron chi connectivity index (χ3n) is 5.78. The molecule has 7 heteroatoms. The highest BCUT2D eigenvalue weighted by molar-refractivity contribution is 5.80. The van der Waals surface area contributed by atoms with Gasteiger partial charge < -0.3 is 19.1 Å². The summed E-state index contributed by atoms with van der Waals surface area (Å²) in [4.78, 5) is 29.1. The summed E-state index contributed by atoms with van der Waals surface area (Å²) in [6.45, 7) is 8.05. The van der Waals surface area contributed by atoms with Crippen molar-refractivity contribution in [3.05, 3.63) is 46.8 Å². The lowest BCUT2D eigenvalue weighted by Gasteiger charge is -2.35. The summed E-state index contributed by atoms with van der Waals surface area (Å²) in [5, 5.41) is 3.91. The number of rotatable bonds is 7. The van der Waals surface area contributed by atoms with Crippen molar-refractivity contribution in [2.45, 2.75) is 40.0 Å². The van der Waals surface area contributed by atoms with Gasteiger partial charge in [-0.2, -0.15) is 0 Å². The van der Waals surface area contributed by atoms with Crippen molar-refractivity contribution in [2.75, 3.05) is 33.3 Å². The van der Waals surface area contributed by atoms with Gasteiger partial charge in [0.1, 0.15) is 11.5 Å². The SMILES string of the molecule is COc1ccccc1CC(C)CC(=O)N1CCN(C(=O)Cc2c(C)noc2C)CC1. The summed E-state index contributed by atoms with van der Waals surface area (Å²) in [6, 6.07) is 7.93. The zero-order chi connectivity index (χ0) is 21.7. The molecule has 1 aliphatic heterocycles. The third-order valence-corrected chi connectivity index (χ3v) is 5.78. The van der Waals surface area contributed by atoms with Crippen LogP contribution in [0.4, 0.5) is 0 Å². The van der Waals surface area contributed by atoms with E-state index in [4.69, 9.17) is 9.26 Å². The van der Waals surface area contributed by atoms with Crippen molar-refractivity contribution in [2.24, 2.45) is 5.92 Å². The third kappa shape index (κ3) is 5.20. The number of aryl methyl sites for hydroxylation is 2. The molecule has 0 spiro atoms.